The molecule has 1 nitrogen and oxygen atoms in total. The van der Waals surface area contributed by atoms with E-state index < -0.39 is 65.1 Å². The molecule has 0 aliphatic heterocycles. The van der Waals surface area contributed by atoms with Gasteiger partial charge in [-0.3, -0.25) is 0 Å². The molecule has 0 saturated carbocycles. The van der Waals surface area contributed by atoms with Crippen LogP contribution >= 0.6 is 0 Å². The minimum absolute atomic E-state index is 0.978. The Morgan fingerprint density at radius 3 is 0.900 bits per heavy atom. The van der Waals surface area contributed by atoms with Crippen molar-refractivity contribution in [2.24, 2.45) is 0 Å². The summed E-state index contributed by atoms with van der Waals surface area (Å²) in [5.74, 6) is -31.3. The number of ether oxygens (including phenoxy) is 1. The van der Waals surface area contributed by atoms with E-state index in [1.54, 1.807) is 0 Å². The summed E-state index contributed by atoms with van der Waals surface area (Å²) in [5, 5.41) is 0. The monoisotopic (exact) mass is 744 g/mol. The Morgan fingerprint density at radius 2 is 0.675 bits per heavy atom. The molecule has 242 valence electrons. The summed E-state index contributed by atoms with van der Waals surface area (Å²) in [6, 6.07) is 0. The fourth-order valence-corrected chi connectivity index (χ4v) is 5.39. The van der Waals surface area contributed by atoms with Crippen molar-refractivity contribution in [3.8, 4) is 0 Å². The van der Waals surface area contributed by atoms with Crippen LogP contribution in [0.4, 0.5) is 79.0 Å². The second kappa shape index (κ2) is 15.3. The van der Waals surface area contributed by atoms with Crippen LogP contribution in [-0.2, 0) is 4.74 Å². The zero-order valence-corrected chi connectivity index (χ0v) is 23.6. The molecule has 0 rings (SSSR count). The van der Waals surface area contributed by atoms with Gasteiger partial charge in [-0.1, -0.05) is 52.4 Å². The Balaban J connectivity index is 0. The molecule has 0 atom stereocenters. The van der Waals surface area contributed by atoms with Crippen molar-refractivity contribution in [2.45, 2.75) is 109 Å². The molecule has 0 unspecified atom stereocenters. The molecule has 2 radical (unpaired) electrons. The molecule has 0 fully saturated rings. The van der Waals surface area contributed by atoms with E-state index in [4.69, 9.17) is 4.74 Å². The normalized spacial score (nSPS) is 14.7. The third-order valence-electron chi connectivity index (χ3n) is 4.89. The number of unbranched alkanes of at least 4 members (excludes halogenated alkanes) is 6. The first-order valence-corrected chi connectivity index (χ1v) is 14.2. The van der Waals surface area contributed by atoms with Crippen molar-refractivity contribution in [1.29, 1.82) is 0 Å². The van der Waals surface area contributed by atoms with Crippen LogP contribution in [0.1, 0.15) is 65.2 Å². The zero-order valence-electron chi connectivity index (χ0n) is 20.8. The Labute approximate surface area is 227 Å². The van der Waals surface area contributed by atoms with Gasteiger partial charge >= 0.3 is 144 Å². The van der Waals surface area contributed by atoms with Crippen molar-refractivity contribution >= 4 is 21.1 Å². The van der Waals surface area contributed by atoms with Crippen LogP contribution in [0.25, 0.3) is 0 Å². The maximum atomic E-state index is 12.9. The van der Waals surface area contributed by atoms with Gasteiger partial charge < -0.3 is 4.74 Å². The van der Waals surface area contributed by atoms with Crippen LogP contribution in [0.2, 0.25) is 0 Å². The molecular weight excluding hydrogens is 717 g/mol. The number of halogens is 18. The first-order chi connectivity index (χ1) is 17.6. The van der Waals surface area contributed by atoms with Crippen molar-refractivity contribution in [2.75, 3.05) is 13.2 Å². The first-order valence-electron chi connectivity index (χ1n) is 11.4. The summed E-state index contributed by atoms with van der Waals surface area (Å²) in [6.45, 7) is 6.44. The molecule has 20 heteroatoms. The molecule has 0 aromatic rings. The van der Waals surface area contributed by atoms with E-state index in [2.05, 4.69) is 13.8 Å². The van der Waals surface area contributed by atoms with E-state index in [0.29, 0.717) is 0 Å². The van der Waals surface area contributed by atoms with Gasteiger partial charge in [0.05, 0.1) is 0 Å². The van der Waals surface area contributed by atoms with Crippen LogP contribution in [0.5, 0.6) is 0 Å². The molecule has 0 heterocycles. The molecule has 0 aliphatic carbocycles. The van der Waals surface area contributed by atoms with Crippen molar-refractivity contribution < 1.29 is 83.8 Å². The van der Waals surface area contributed by atoms with Gasteiger partial charge in [0.15, 0.2) is 0 Å². The van der Waals surface area contributed by atoms with Gasteiger partial charge in [0.1, 0.15) is 0 Å². The van der Waals surface area contributed by atoms with Crippen LogP contribution in [0, 0.1) is 0 Å². The van der Waals surface area contributed by atoms with E-state index in [-0.39, 0.29) is 0 Å². The molecule has 0 N–H and O–H groups in total. The summed E-state index contributed by atoms with van der Waals surface area (Å²) in [5.41, 5.74) is 0. The standard InChI is InChI=1S/C12H26O.2C4F9.Sn/c1-3-5-7-9-11-13-12-10-8-6-4-2;2*5-1(6)2(7,8)3(9,10)4(11,12)13;/h3-12H2,1-2H3;;;. The fourth-order valence-electron chi connectivity index (χ4n) is 2.47. The third-order valence-corrected chi connectivity index (χ3v) is 8.47. The molecule has 40 heavy (non-hydrogen) atoms. The van der Waals surface area contributed by atoms with Gasteiger partial charge in [-0.25, -0.2) is 0 Å². The third kappa shape index (κ3) is 10.3. The summed E-state index contributed by atoms with van der Waals surface area (Å²) in [6.07, 6.45) is -4.54. The van der Waals surface area contributed by atoms with Crippen molar-refractivity contribution in [3.05, 3.63) is 0 Å². The summed E-state index contributed by atoms with van der Waals surface area (Å²) >= 11 is -6.91. The SMILES string of the molecule is CCCCCCOCCCCCC.FC(F)(F)C(F)(F)C(F)(F)[C](F)(F)[Sn][C](F)(F)C(F)(F)C(F)(F)C(F)(F)F. The Bertz CT molecular complexity index is 659. The topological polar surface area (TPSA) is 9.23 Å². The van der Waals surface area contributed by atoms with Gasteiger partial charge in [-0.2, -0.15) is 0 Å². The van der Waals surface area contributed by atoms with E-state index >= 15 is 0 Å². The molecular formula is C20H26F18OSn. The van der Waals surface area contributed by atoms with Crippen LogP contribution < -0.4 is 0 Å². The number of hydrogen-bond acceptors (Lipinski definition) is 1. The van der Waals surface area contributed by atoms with E-state index in [1.807, 2.05) is 0 Å². The predicted molar refractivity (Wildman–Crippen MR) is 107 cm³/mol. The number of hydrogen-bond donors (Lipinski definition) is 0. The molecule has 0 aromatic carbocycles. The van der Waals surface area contributed by atoms with Crippen LogP contribution in [0.15, 0.2) is 0 Å². The molecule has 0 spiro atoms. The van der Waals surface area contributed by atoms with Gasteiger partial charge in [0, 0.05) is 13.2 Å². The molecule has 0 bridgehead atoms. The predicted octanol–water partition coefficient (Wildman–Crippen LogP) is 9.71. The quantitative estimate of drug-likeness (QED) is 0.0870. The Kier molecular flexibility index (Phi) is 15.9. The van der Waals surface area contributed by atoms with Crippen LogP contribution in [-0.4, -0.2) is 78.3 Å². The van der Waals surface area contributed by atoms with Crippen molar-refractivity contribution in [1.82, 2.24) is 0 Å². The van der Waals surface area contributed by atoms with Gasteiger partial charge in [0.25, 0.3) is 0 Å². The minimum atomic E-state index is -7.85. The van der Waals surface area contributed by atoms with E-state index in [1.165, 1.54) is 51.4 Å². The van der Waals surface area contributed by atoms with Gasteiger partial charge in [-0.15, -0.1) is 0 Å². The van der Waals surface area contributed by atoms with Gasteiger partial charge in [0.2, 0.25) is 0 Å². The summed E-state index contributed by atoms with van der Waals surface area (Å²) in [7, 11) is 0. The van der Waals surface area contributed by atoms with Crippen molar-refractivity contribution in [3.63, 3.8) is 0 Å². The number of alkyl halides is 18. The molecule has 0 aromatic heterocycles. The molecule has 0 aliphatic rings. The molecule has 0 saturated heterocycles. The van der Waals surface area contributed by atoms with E-state index in [0.717, 1.165) is 13.2 Å². The Morgan fingerprint density at radius 1 is 0.400 bits per heavy atom. The van der Waals surface area contributed by atoms with Crippen LogP contribution in [0.3, 0.4) is 0 Å². The summed E-state index contributed by atoms with van der Waals surface area (Å²) in [4.78, 5) is 0. The van der Waals surface area contributed by atoms with E-state index in [9.17, 15) is 79.0 Å². The summed E-state index contributed by atoms with van der Waals surface area (Å²) < 4.78 is 214. The second-order valence-corrected chi connectivity index (χ2v) is 12.6. The Hall–Kier alpha value is -0.501. The second-order valence-electron chi connectivity index (χ2n) is 8.30. The number of rotatable bonds is 16. The maximum absolute atomic E-state index is 12.9. The average Bonchev–Trinajstić information content (AvgIpc) is 2.75. The van der Waals surface area contributed by atoms with Gasteiger partial charge in [-0.05, 0) is 12.8 Å². The first kappa shape index (κ1) is 41.6. The average molecular weight is 743 g/mol. The fraction of sp³-hybridized carbons (Fsp3) is 1.00. The molecule has 0 amide bonds. The zero-order chi connectivity index (χ0) is 32.5.